The lowest BCUT2D eigenvalue weighted by Gasteiger charge is -2.18. The van der Waals surface area contributed by atoms with E-state index >= 15 is 0 Å². The summed E-state index contributed by atoms with van der Waals surface area (Å²) in [4.78, 5) is 28.8. The number of ether oxygens (including phenoxy) is 1. The van der Waals surface area contributed by atoms with Crippen LogP contribution in [0.4, 0.5) is 0 Å². The molecule has 1 aromatic carbocycles. The number of pyridine rings is 1. The summed E-state index contributed by atoms with van der Waals surface area (Å²) in [5, 5.41) is 0.907. The van der Waals surface area contributed by atoms with E-state index in [2.05, 4.69) is 4.98 Å². The average Bonchev–Trinajstić information content (AvgIpc) is 2.53. The number of benzene rings is 1. The van der Waals surface area contributed by atoms with Crippen LogP contribution in [0.2, 0.25) is 0 Å². The molecule has 0 fully saturated rings. The van der Waals surface area contributed by atoms with E-state index in [1.54, 1.807) is 12.0 Å². The zero-order valence-electron chi connectivity index (χ0n) is 13.3. The first-order valence-electron chi connectivity index (χ1n) is 7.56. The molecular weight excluding hydrogens is 280 g/mol. The second-order valence-corrected chi connectivity index (χ2v) is 5.14. The highest BCUT2D eigenvalue weighted by molar-refractivity contribution is 5.81. The zero-order valence-corrected chi connectivity index (χ0v) is 13.3. The van der Waals surface area contributed by atoms with Gasteiger partial charge in [-0.25, -0.2) is 0 Å². The fourth-order valence-corrected chi connectivity index (χ4v) is 2.52. The van der Waals surface area contributed by atoms with Crippen molar-refractivity contribution in [3.05, 3.63) is 40.2 Å². The summed E-state index contributed by atoms with van der Waals surface area (Å²) in [7, 11) is 1.61. The molecule has 0 bridgehead atoms. The Morgan fingerprint density at radius 3 is 2.59 bits per heavy atom. The molecule has 118 valence electrons. The lowest BCUT2D eigenvalue weighted by Crippen LogP contribution is -2.31. The summed E-state index contributed by atoms with van der Waals surface area (Å²) in [5.74, 6) is 0.819. The first kappa shape index (κ1) is 16.1. The molecule has 1 N–H and O–H groups in total. The number of H-pyrrole nitrogens is 1. The molecule has 5 nitrogen and oxygen atoms in total. The first-order chi connectivity index (χ1) is 10.6. The zero-order chi connectivity index (χ0) is 16.1. The van der Waals surface area contributed by atoms with Crippen molar-refractivity contribution < 1.29 is 9.53 Å². The van der Waals surface area contributed by atoms with Crippen LogP contribution in [0.1, 0.15) is 25.8 Å². The van der Waals surface area contributed by atoms with Crippen LogP contribution in [0, 0.1) is 0 Å². The van der Waals surface area contributed by atoms with Crippen LogP contribution in [0.3, 0.4) is 0 Å². The van der Waals surface area contributed by atoms with E-state index in [1.165, 1.54) is 0 Å². The van der Waals surface area contributed by atoms with Gasteiger partial charge in [0.05, 0.1) is 7.11 Å². The quantitative estimate of drug-likeness (QED) is 0.891. The lowest BCUT2D eigenvalue weighted by molar-refractivity contribution is -0.130. The Kier molecular flexibility index (Phi) is 5.20. The summed E-state index contributed by atoms with van der Waals surface area (Å²) in [6.45, 7) is 5.30. The van der Waals surface area contributed by atoms with E-state index in [1.807, 2.05) is 38.1 Å². The molecule has 22 heavy (non-hydrogen) atoms. The molecule has 0 aliphatic heterocycles. The third-order valence-electron chi connectivity index (χ3n) is 3.85. The monoisotopic (exact) mass is 302 g/mol. The fraction of sp³-hybridized carbons (Fsp3) is 0.412. The average molecular weight is 302 g/mol. The number of nitrogens with one attached hydrogen (secondary N) is 1. The number of aromatic amines is 1. The number of aromatic nitrogens is 1. The van der Waals surface area contributed by atoms with Gasteiger partial charge in [0, 0.05) is 36.0 Å². The second-order valence-electron chi connectivity index (χ2n) is 5.14. The van der Waals surface area contributed by atoms with Crippen molar-refractivity contribution in [2.45, 2.75) is 26.7 Å². The van der Waals surface area contributed by atoms with Gasteiger partial charge in [0.15, 0.2) is 0 Å². The number of methoxy groups -OCH3 is 1. The van der Waals surface area contributed by atoms with Gasteiger partial charge in [-0.3, -0.25) is 9.59 Å². The summed E-state index contributed by atoms with van der Waals surface area (Å²) in [5.41, 5.74) is 1.26. The smallest absolute Gasteiger partial charge is 0.251 e. The van der Waals surface area contributed by atoms with Gasteiger partial charge >= 0.3 is 0 Å². The van der Waals surface area contributed by atoms with Crippen molar-refractivity contribution in [3.8, 4) is 5.75 Å². The molecular formula is C17H22N2O3. The van der Waals surface area contributed by atoms with E-state index in [9.17, 15) is 9.59 Å². The molecule has 0 spiro atoms. The summed E-state index contributed by atoms with van der Waals surface area (Å²) >= 11 is 0. The van der Waals surface area contributed by atoms with Crippen LogP contribution in [0.5, 0.6) is 5.75 Å². The SMILES string of the molecule is CCN(CC)C(=O)CCc1cc2cc(OC)ccc2[nH]c1=O. The van der Waals surface area contributed by atoms with Crippen LogP contribution in [-0.4, -0.2) is 36.0 Å². The molecule has 1 heterocycles. The molecule has 2 aromatic rings. The number of carbonyl (C=O) groups excluding carboxylic acids is 1. The number of aryl methyl sites for hydroxylation is 1. The van der Waals surface area contributed by atoms with Crippen molar-refractivity contribution in [1.82, 2.24) is 9.88 Å². The number of rotatable bonds is 6. The minimum Gasteiger partial charge on any atom is -0.497 e. The predicted molar refractivity (Wildman–Crippen MR) is 87.4 cm³/mol. The number of carbonyl (C=O) groups is 1. The Bertz CT molecular complexity index is 717. The maximum atomic E-state index is 12.1. The predicted octanol–water partition coefficient (Wildman–Crippen LogP) is 2.34. The third kappa shape index (κ3) is 3.47. The van der Waals surface area contributed by atoms with Gasteiger partial charge in [-0.2, -0.15) is 0 Å². The highest BCUT2D eigenvalue weighted by Crippen LogP contribution is 2.19. The van der Waals surface area contributed by atoms with Crippen molar-refractivity contribution in [3.63, 3.8) is 0 Å². The van der Waals surface area contributed by atoms with Crippen molar-refractivity contribution in [1.29, 1.82) is 0 Å². The molecule has 5 heteroatoms. The number of nitrogens with zero attached hydrogens (tertiary/aromatic N) is 1. The Morgan fingerprint density at radius 2 is 1.95 bits per heavy atom. The van der Waals surface area contributed by atoms with Crippen molar-refractivity contribution in [2.24, 2.45) is 0 Å². The molecule has 0 unspecified atom stereocenters. The number of fused-ring (bicyclic) bond motifs is 1. The number of hydrogen-bond donors (Lipinski definition) is 1. The van der Waals surface area contributed by atoms with E-state index in [0.29, 0.717) is 31.5 Å². The maximum Gasteiger partial charge on any atom is 0.251 e. The molecule has 1 aromatic heterocycles. The summed E-state index contributed by atoms with van der Waals surface area (Å²) < 4.78 is 5.20. The van der Waals surface area contributed by atoms with Gasteiger partial charge in [0.1, 0.15) is 5.75 Å². The van der Waals surface area contributed by atoms with Gasteiger partial charge < -0.3 is 14.6 Å². The van der Waals surface area contributed by atoms with E-state index in [-0.39, 0.29) is 11.5 Å². The molecule has 0 aliphatic carbocycles. The summed E-state index contributed by atoms with van der Waals surface area (Å²) in [6.07, 6.45) is 0.790. The van der Waals surface area contributed by atoms with E-state index < -0.39 is 0 Å². The van der Waals surface area contributed by atoms with Crippen LogP contribution < -0.4 is 10.3 Å². The Hall–Kier alpha value is -2.30. The minimum atomic E-state index is -0.134. The molecule has 0 radical (unpaired) electrons. The van der Waals surface area contributed by atoms with Crippen LogP contribution >= 0.6 is 0 Å². The molecule has 0 saturated carbocycles. The topological polar surface area (TPSA) is 62.4 Å². The van der Waals surface area contributed by atoms with E-state index in [0.717, 1.165) is 16.7 Å². The van der Waals surface area contributed by atoms with Crippen LogP contribution in [0.25, 0.3) is 10.9 Å². The van der Waals surface area contributed by atoms with Gasteiger partial charge in [-0.1, -0.05) is 0 Å². The van der Waals surface area contributed by atoms with Gasteiger partial charge in [-0.05, 0) is 44.5 Å². The largest absolute Gasteiger partial charge is 0.497 e. The molecule has 0 atom stereocenters. The van der Waals surface area contributed by atoms with E-state index in [4.69, 9.17) is 4.74 Å². The number of hydrogen-bond acceptors (Lipinski definition) is 3. The number of amides is 1. The molecule has 1 amide bonds. The standard InChI is InChI=1S/C17H22N2O3/c1-4-19(5-2)16(20)9-6-12-10-13-11-14(22-3)7-8-15(13)18-17(12)21/h7-8,10-11H,4-6,9H2,1-3H3,(H,18,21). The highest BCUT2D eigenvalue weighted by Gasteiger charge is 2.11. The molecule has 0 aliphatic rings. The fourth-order valence-electron chi connectivity index (χ4n) is 2.52. The lowest BCUT2D eigenvalue weighted by atomic mass is 10.1. The van der Waals surface area contributed by atoms with Crippen LogP contribution in [0.15, 0.2) is 29.1 Å². The summed E-state index contributed by atoms with van der Waals surface area (Å²) in [6, 6.07) is 7.34. The maximum absolute atomic E-state index is 12.1. The second kappa shape index (κ2) is 7.11. The molecule has 2 rings (SSSR count). The van der Waals surface area contributed by atoms with Crippen molar-refractivity contribution in [2.75, 3.05) is 20.2 Å². The molecule has 0 saturated heterocycles. The Balaban J connectivity index is 2.22. The van der Waals surface area contributed by atoms with Gasteiger partial charge in [0.25, 0.3) is 5.56 Å². The van der Waals surface area contributed by atoms with Gasteiger partial charge in [-0.15, -0.1) is 0 Å². The van der Waals surface area contributed by atoms with Crippen molar-refractivity contribution >= 4 is 16.8 Å². The third-order valence-corrected chi connectivity index (χ3v) is 3.85. The Labute approximate surface area is 129 Å². The Morgan fingerprint density at radius 1 is 1.23 bits per heavy atom. The first-order valence-corrected chi connectivity index (χ1v) is 7.56. The normalized spacial score (nSPS) is 10.7. The highest BCUT2D eigenvalue weighted by atomic mass is 16.5. The minimum absolute atomic E-state index is 0.0788. The van der Waals surface area contributed by atoms with Crippen LogP contribution in [-0.2, 0) is 11.2 Å². The van der Waals surface area contributed by atoms with Gasteiger partial charge in [0.2, 0.25) is 5.91 Å².